The molecule has 1 aromatic carbocycles. The molecule has 0 unspecified atom stereocenters. The lowest BCUT2D eigenvalue weighted by molar-refractivity contribution is 0.106. The van der Waals surface area contributed by atoms with E-state index in [0.717, 1.165) is 36.5 Å². The van der Waals surface area contributed by atoms with Crippen LogP contribution < -0.4 is 15.0 Å². The summed E-state index contributed by atoms with van der Waals surface area (Å²) in [6, 6.07) is 14.0. The fourth-order valence-corrected chi connectivity index (χ4v) is 4.67. The van der Waals surface area contributed by atoms with Crippen molar-refractivity contribution in [3.8, 4) is 17.0 Å². The summed E-state index contributed by atoms with van der Waals surface area (Å²) in [5.74, 6) is 1.13. The highest BCUT2D eigenvalue weighted by atomic mass is 16.5. The van der Waals surface area contributed by atoms with Gasteiger partial charge in [-0.1, -0.05) is 18.2 Å². The van der Waals surface area contributed by atoms with Gasteiger partial charge in [0.1, 0.15) is 5.60 Å². The van der Waals surface area contributed by atoms with E-state index in [1.54, 1.807) is 17.3 Å². The van der Waals surface area contributed by atoms with Crippen LogP contribution in [0.2, 0.25) is 0 Å². The number of rotatable bonds is 4. The predicted molar refractivity (Wildman–Crippen MR) is 134 cm³/mol. The van der Waals surface area contributed by atoms with Crippen LogP contribution in [0.15, 0.2) is 54.9 Å². The number of ether oxygens (including phenoxy) is 1. The number of pyridine rings is 2. The summed E-state index contributed by atoms with van der Waals surface area (Å²) in [6.07, 6.45) is 5.96. The number of likely N-dealkylation sites (tertiary alicyclic amines) is 1. The van der Waals surface area contributed by atoms with Gasteiger partial charge in [-0.2, -0.15) is 0 Å². The third-order valence-electron chi connectivity index (χ3n) is 6.22. The van der Waals surface area contributed by atoms with Gasteiger partial charge in [0.2, 0.25) is 0 Å². The number of fused-ring (bicyclic) bond motifs is 1. The molecule has 5 rings (SSSR count). The lowest BCUT2D eigenvalue weighted by Gasteiger charge is -2.38. The Morgan fingerprint density at radius 2 is 1.94 bits per heavy atom. The molecule has 2 aromatic heterocycles. The minimum absolute atomic E-state index is 0.252. The smallest absolute Gasteiger partial charge is 0.327 e. The second-order valence-electron chi connectivity index (χ2n) is 9.83. The molecule has 7 heteroatoms. The molecule has 3 aromatic rings. The molecular formula is C27H31N5O2. The highest BCUT2D eigenvalue weighted by molar-refractivity contribution is 6.02. The number of urea groups is 1. The van der Waals surface area contributed by atoms with E-state index in [9.17, 15) is 4.79 Å². The van der Waals surface area contributed by atoms with Crippen molar-refractivity contribution in [3.63, 3.8) is 0 Å². The van der Waals surface area contributed by atoms with Gasteiger partial charge in [0.15, 0.2) is 11.6 Å². The third-order valence-corrected chi connectivity index (χ3v) is 6.22. The maximum atomic E-state index is 13.3. The molecule has 2 aliphatic heterocycles. The average Bonchev–Trinajstić information content (AvgIpc) is 3.31. The average molecular weight is 458 g/mol. The van der Waals surface area contributed by atoms with E-state index in [2.05, 4.69) is 39.5 Å². The van der Waals surface area contributed by atoms with Crippen molar-refractivity contribution in [1.29, 1.82) is 0 Å². The quantitative estimate of drug-likeness (QED) is 0.579. The van der Waals surface area contributed by atoms with Gasteiger partial charge in [-0.15, -0.1) is 0 Å². The van der Waals surface area contributed by atoms with Gasteiger partial charge >= 0.3 is 6.03 Å². The number of benzene rings is 1. The van der Waals surface area contributed by atoms with E-state index in [4.69, 9.17) is 9.72 Å². The van der Waals surface area contributed by atoms with E-state index in [1.165, 1.54) is 18.4 Å². The highest BCUT2D eigenvalue weighted by Crippen LogP contribution is 2.37. The molecule has 2 amide bonds. The number of amides is 2. The SMILES string of the molecule is Cc1cncc(NC(=O)N2CC(C)(C)Oc3ccc(-c4cccc(CN5CCCC5)c4)nc32)c1. The Balaban J connectivity index is 1.44. The minimum Gasteiger partial charge on any atom is -0.482 e. The van der Waals surface area contributed by atoms with Crippen LogP contribution in [0.4, 0.5) is 16.3 Å². The molecular weight excluding hydrogens is 426 g/mol. The number of carbonyl (C=O) groups is 1. The maximum absolute atomic E-state index is 13.3. The van der Waals surface area contributed by atoms with Crippen molar-refractivity contribution >= 4 is 17.5 Å². The number of aromatic nitrogens is 2. The lowest BCUT2D eigenvalue weighted by atomic mass is 10.0. The van der Waals surface area contributed by atoms with Crippen molar-refractivity contribution in [3.05, 3.63) is 66.0 Å². The number of aryl methyl sites for hydroxylation is 1. The Morgan fingerprint density at radius 1 is 1.12 bits per heavy atom. The number of carbonyl (C=O) groups excluding carboxylic acids is 1. The van der Waals surface area contributed by atoms with Crippen molar-refractivity contribution in [2.24, 2.45) is 0 Å². The van der Waals surface area contributed by atoms with E-state index >= 15 is 0 Å². The van der Waals surface area contributed by atoms with Crippen LogP contribution in [0, 0.1) is 6.92 Å². The second kappa shape index (κ2) is 9.06. The van der Waals surface area contributed by atoms with Gasteiger partial charge in [0, 0.05) is 18.3 Å². The summed E-state index contributed by atoms with van der Waals surface area (Å²) >= 11 is 0. The molecule has 1 fully saturated rings. The van der Waals surface area contributed by atoms with Crippen LogP contribution in [-0.4, -0.2) is 46.1 Å². The molecule has 0 saturated carbocycles. The Hall–Kier alpha value is -3.45. The van der Waals surface area contributed by atoms with Gasteiger partial charge < -0.3 is 10.1 Å². The molecule has 1 saturated heterocycles. The standard InChI is InChI=1S/C27H31N5O2/c1-19-13-22(16-28-15-19)29-26(33)32-18-27(2,3)34-24-10-9-23(30-25(24)32)21-8-6-7-20(14-21)17-31-11-4-5-12-31/h6-10,13-16H,4-5,11-12,17-18H2,1-3H3,(H,29,33). The fraction of sp³-hybridized carbons (Fsp3) is 0.370. The van der Waals surface area contributed by atoms with Crippen molar-refractivity contribution < 1.29 is 9.53 Å². The molecule has 0 radical (unpaired) electrons. The van der Waals surface area contributed by atoms with E-state index in [1.807, 2.05) is 39.0 Å². The Morgan fingerprint density at radius 3 is 2.74 bits per heavy atom. The molecule has 2 aliphatic rings. The lowest BCUT2D eigenvalue weighted by Crippen LogP contribution is -2.51. The topological polar surface area (TPSA) is 70.6 Å². The molecule has 0 spiro atoms. The minimum atomic E-state index is -0.534. The molecule has 7 nitrogen and oxygen atoms in total. The normalized spacial score (nSPS) is 17.2. The zero-order valence-corrected chi connectivity index (χ0v) is 20.0. The summed E-state index contributed by atoms with van der Waals surface area (Å²) in [7, 11) is 0. The largest absolute Gasteiger partial charge is 0.482 e. The van der Waals surface area contributed by atoms with Crippen LogP contribution in [0.3, 0.4) is 0 Å². The van der Waals surface area contributed by atoms with Crippen LogP contribution >= 0.6 is 0 Å². The van der Waals surface area contributed by atoms with E-state index in [0.29, 0.717) is 23.8 Å². The molecule has 4 heterocycles. The number of nitrogens with one attached hydrogen (secondary N) is 1. The number of hydrogen-bond donors (Lipinski definition) is 1. The van der Waals surface area contributed by atoms with Gasteiger partial charge in [0.25, 0.3) is 0 Å². The first kappa shape index (κ1) is 22.3. The van der Waals surface area contributed by atoms with E-state index in [-0.39, 0.29) is 6.03 Å². The van der Waals surface area contributed by atoms with Crippen LogP contribution in [-0.2, 0) is 6.54 Å². The van der Waals surface area contributed by atoms with Crippen molar-refractivity contribution in [1.82, 2.24) is 14.9 Å². The molecule has 34 heavy (non-hydrogen) atoms. The Bertz CT molecular complexity index is 1200. The summed E-state index contributed by atoms with van der Waals surface area (Å²) in [5, 5.41) is 2.96. The monoisotopic (exact) mass is 457 g/mol. The van der Waals surface area contributed by atoms with Gasteiger partial charge in [-0.05, 0) is 82.1 Å². The zero-order chi connectivity index (χ0) is 23.7. The summed E-state index contributed by atoms with van der Waals surface area (Å²) in [6.45, 7) is 9.55. The van der Waals surface area contributed by atoms with Crippen LogP contribution in [0.25, 0.3) is 11.3 Å². The summed E-state index contributed by atoms with van der Waals surface area (Å²) in [4.78, 5) is 26.5. The summed E-state index contributed by atoms with van der Waals surface area (Å²) in [5.41, 5.74) is 4.23. The first-order valence-corrected chi connectivity index (χ1v) is 11.9. The molecule has 176 valence electrons. The number of anilines is 2. The first-order chi connectivity index (χ1) is 16.4. The van der Waals surface area contributed by atoms with Crippen LogP contribution in [0.1, 0.15) is 37.8 Å². The molecule has 0 aliphatic carbocycles. The first-order valence-electron chi connectivity index (χ1n) is 11.9. The predicted octanol–water partition coefficient (Wildman–Crippen LogP) is 5.26. The zero-order valence-electron chi connectivity index (χ0n) is 20.0. The van der Waals surface area contributed by atoms with Gasteiger partial charge in [0.05, 0.1) is 24.1 Å². The molecule has 0 atom stereocenters. The second-order valence-corrected chi connectivity index (χ2v) is 9.83. The van der Waals surface area contributed by atoms with Crippen molar-refractivity contribution in [2.75, 3.05) is 29.9 Å². The van der Waals surface area contributed by atoms with E-state index < -0.39 is 5.60 Å². The third kappa shape index (κ3) is 4.89. The van der Waals surface area contributed by atoms with Gasteiger partial charge in [-0.3, -0.25) is 14.8 Å². The molecule has 1 N–H and O–H groups in total. The molecule has 0 bridgehead atoms. The van der Waals surface area contributed by atoms with Gasteiger partial charge in [-0.25, -0.2) is 9.78 Å². The number of nitrogens with zero attached hydrogens (tertiary/aromatic N) is 4. The summed E-state index contributed by atoms with van der Waals surface area (Å²) < 4.78 is 6.17. The van der Waals surface area contributed by atoms with Crippen molar-refractivity contribution in [2.45, 2.75) is 45.8 Å². The highest BCUT2D eigenvalue weighted by Gasteiger charge is 2.36. The maximum Gasteiger partial charge on any atom is 0.327 e. The fourth-order valence-electron chi connectivity index (χ4n) is 4.67. The van der Waals surface area contributed by atoms with Crippen LogP contribution in [0.5, 0.6) is 5.75 Å². The Labute approximate surface area is 200 Å². The number of hydrogen-bond acceptors (Lipinski definition) is 5. The Kier molecular flexibility index (Phi) is 5.96.